The van der Waals surface area contributed by atoms with Crippen molar-refractivity contribution in [1.82, 2.24) is 20.5 Å². The van der Waals surface area contributed by atoms with Crippen LogP contribution in [0.15, 0.2) is 0 Å². The second-order valence-electron chi connectivity index (χ2n) is 31.9. The third kappa shape index (κ3) is 26.6. The lowest BCUT2D eigenvalue weighted by atomic mass is 9.79. The summed E-state index contributed by atoms with van der Waals surface area (Å²) in [5, 5.41) is 10.8. The normalized spacial score (nSPS) is 23.9. The molecule has 0 radical (unpaired) electrons. The number of nitrogens with one attached hydrogen (secondary N) is 1. The number of esters is 2. The maximum absolute atomic E-state index is 12.8. The molecular weight excluding hydrogens is 1040 g/mol. The number of hydrogen-bond acceptors (Lipinski definition) is 11. The van der Waals surface area contributed by atoms with Crippen molar-refractivity contribution in [2.24, 2.45) is 0 Å². The molecule has 0 unspecified atom stereocenters. The third-order valence-corrected chi connectivity index (χ3v) is 20.2. The van der Waals surface area contributed by atoms with Gasteiger partial charge >= 0.3 is 11.9 Å². The van der Waals surface area contributed by atoms with Gasteiger partial charge in [-0.15, -0.1) is 0 Å². The molecule has 84 heavy (non-hydrogen) atoms. The van der Waals surface area contributed by atoms with Crippen molar-refractivity contribution in [2.75, 3.05) is 6.54 Å². The van der Waals surface area contributed by atoms with E-state index in [9.17, 15) is 9.59 Å². The van der Waals surface area contributed by atoms with Crippen LogP contribution in [0.3, 0.4) is 0 Å². The van der Waals surface area contributed by atoms with Gasteiger partial charge in [0.05, 0.1) is 18.3 Å². The average Bonchev–Trinajstić information content (AvgIpc) is 2.62. The van der Waals surface area contributed by atoms with E-state index in [1.165, 1.54) is 193 Å². The number of unbranched alkanes of at least 4 members (excludes halogenated alkanes) is 20. The van der Waals surface area contributed by atoms with Gasteiger partial charge in [-0.05, 0) is 160 Å². The molecule has 0 bridgehead atoms. The molecule has 3 saturated heterocycles. The molecule has 3 saturated carbocycles. The van der Waals surface area contributed by atoms with Crippen molar-refractivity contribution in [1.29, 1.82) is 0 Å². The molecule has 6 aliphatic rings. The molecule has 6 fully saturated rings. The minimum Gasteiger partial charge on any atom is -0.462 e. The van der Waals surface area contributed by atoms with Crippen LogP contribution in [0.4, 0.5) is 0 Å². The average molecular weight is 1180 g/mol. The van der Waals surface area contributed by atoms with E-state index >= 15 is 0 Å². The number of rotatable bonds is 35. The van der Waals surface area contributed by atoms with Crippen molar-refractivity contribution in [3.05, 3.63) is 0 Å². The van der Waals surface area contributed by atoms with Crippen LogP contribution in [0.25, 0.3) is 0 Å². The van der Waals surface area contributed by atoms with Gasteiger partial charge in [-0.1, -0.05) is 187 Å². The van der Waals surface area contributed by atoms with Crippen LogP contribution in [0.1, 0.15) is 379 Å². The van der Waals surface area contributed by atoms with Crippen LogP contribution in [0.5, 0.6) is 0 Å². The zero-order valence-corrected chi connectivity index (χ0v) is 57.7. The summed E-state index contributed by atoms with van der Waals surface area (Å²) in [6.45, 7) is 30.8. The van der Waals surface area contributed by atoms with E-state index in [1.807, 2.05) is 0 Å². The Labute approximate surface area is 519 Å². The van der Waals surface area contributed by atoms with Crippen molar-refractivity contribution in [2.45, 2.75) is 449 Å². The molecule has 3 aliphatic carbocycles. The summed E-state index contributed by atoms with van der Waals surface area (Å²) >= 11 is 0. The summed E-state index contributed by atoms with van der Waals surface area (Å²) in [7, 11) is 0. The first-order valence-electron chi connectivity index (χ1n) is 36.5. The summed E-state index contributed by atoms with van der Waals surface area (Å²) in [4.78, 5) is 45.4. The fraction of sp³-hybridized carbons (Fsp3) is 0.973. The van der Waals surface area contributed by atoms with Crippen molar-refractivity contribution < 1.29 is 33.6 Å². The summed E-state index contributed by atoms with van der Waals surface area (Å²) in [6.07, 6.45) is 55.0. The molecule has 3 aliphatic heterocycles. The van der Waals surface area contributed by atoms with Gasteiger partial charge in [0.25, 0.3) is 0 Å². The number of nitrogens with zero attached hydrogens (tertiary/aromatic N) is 3. The Morgan fingerprint density at radius 2 is 0.583 bits per heavy atom. The molecular formula is C73H138N4O7. The Bertz CT molecular complexity index is 1650. The maximum Gasteiger partial charge on any atom is 0.306 e. The first kappa shape index (κ1) is 73.4. The van der Waals surface area contributed by atoms with E-state index in [0.29, 0.717) is 37.2 Å². The number of piperidine rings is 3. The Hall–Kier alpha value is -1.34. The fourth-order valence-corrected chi connectivity index (χ4v) is 16.4. The third-order valence-electron chi connectivity index (χ3n) is 20.2. The second-order valence-corrected chi connectivity index (χ2v) is 31.9. The van der Waals surface area contributed by atoms with E-state index in [0.717, 1.165) is 89.9 Å². The molecule has 6 rings (SSSR count). The highest BCUT2D eigenvalue weighted by molar-refractivity contribution is 5.70. The van der Waals surface area contributed by atoms with Gasteiger partial charge in [-0.2, -0.15) is 15.2 Å². The van der Waals surface area contributed by atoms with Crippen LogP contribution in [-0.4, -0.2) is 103 Å². The van der Waals surface area contributed by atoms with Gasteiger partial charge in [0.1, 0.15) is 12.2 Å². The van der Waals surface area contributed by atoms with Gasteiger partial charge in [0.2, 0.25) is 0 Å². The fourth-order valence-electron chi connectivity index (χ4n) is 16.4. The van der Waals surface area contributed by atoms with E-state index in [1.54, 1.807) is 0 Å². The van der Waals surface area contributed by atoms with E-state index < -0.39 is 0 Å². The monoisotopic (exact) mass is 1180 g/mol. The molecule has 0 atom stereocenters. The smallest absolute Gasteiger partial charge is 0.306 e. The largest absolute Gasteiger partial charge is 0.462 e. The lowest BCUT2D eigenvalue weighted by Gasteiger charge is -2.55. The summed E-state index contributed by atoms with van der Waals surface area (Å²) < 4.78 is 12.0. The molecule has 1 N–H and O–H groups in total. The summed E-state index contributed by atoms with van der Waals surface area (Å²) in [5.41, 5.74) is -0.583. The SMILES string of the molecule is CC1(C)CC(OC(=O)CCCCCCCCC(=O)OC2CC(C)(C)N(OC3CCCCC3)C(C)(C)C2)CC(C)(C)N1OC1CCCCC1.CCCCCCCCCCCCCCCCCCNC1CC(C)(C)N(OC2CCCCC2)C(C)(C)C1. The van der Waals surface area contributed by atoms with Crippen molar-refractivity contribution >= 4 is 11.9 Å². The van der Waals surface area contributed by atoms with E-state index in [2.05, 4.69) is 111 Å². The molecule has 11 heteroatoms. The van der Waals surface area contributed by atoms with Gasteiger partial charge < -0.3 is 14.8 Å². The molecule has 3 heterocycles. The van der Waals surface area contributed by atoms with Gasteiger partial charge in [-0.3, -0.25) is 24.1 Å². The zero-order valence-electron chi connectivity index (χ0n) is 57.7. The molecule has 0 aromatic rings. The lowest BCUT2D eigenvalue weighted by molar-refractivity contribution is -0.318. The number of ether oxygens (including phenoxy) is 2. The minimum atomic E-state index is -0.190. The highest BCUT2D eigenvalue weighted by Crippen LogP contribution is 2.44. The Morgan fingerprint density at radius 3 is 0.869 bits per heavy atom. The van der Waals surface area contributed by atoms with Gasteiger partial charge in [0.15, 0.2) is 0 Å². The van der Waals surface area contributed by atoms with Crippen LogP contribution in [0, 0.1) is 0 Å². The van der Waals surface area contributed by atoms with Crippen LogP contribution >= 0.6 is 0 Å². The molecule has 0 spiro atoms. The predicted molar refractivity (Wildman–Crippen MR) is 350 cm³/mol. The highest BCUT2D eigenvalue weighted by atomic mass is 16.7. The first-order valence-corrected chi connectivity index (χ1v) is 36.5. The molecule has 11 nitrogen and oxygen atoms in total. The molecule has 0 aromatic carbocycles. The van der Waals surface area contributed by atoms with Crippen LogP contribution in [0.2, 0.25) is 0 Å². The Balaban J connectivity index is 0.000000321. The standard InChI is InChI=1S/C40H72N2O6.C33H66N2O/c1-37(2)27-33(28-38(3,4)41(37)47-31-21-15-13-16-22-31)45-35(43)25-19-11-9-10-12-20-26-36(44)46-34-29-39(5,6)42(40(7,8)30-34)48-32-23-17-14-18-24-32;1-6-7-8-9-10-11-12-13-14-15-16-17-18-19-20-24-27-34-30-28-32(2,3)35(33(4,5)29-30)36-31-25-22-21-23-26-31/h31-34H,9-30H2,1-8H3;30-31,34H,6-29H2,1-5H3. The van der Waals surface area contributed by atoms with Crippen LogP contribution in [-0.2, 0) is 33.6 Å². The molecule has 0 aromatic heterocycles. The summed E-state index contributed by atoms with van der Waals surface area (Å²) in [6, 6.07) is 0.609. The highest BCUT2D eigenvalue weighted by Gasteiger charge is 2.51. The summed E-state index contributed by atoms with van der Waals surface area (Å²) in [5.74, 6) is -0.150. The number of carbonyl (C=O) groups excluding carboxylic acids is 2. The number of hydroxylamine groups is 6. The number of hydrogen-bond donors (Lipinski definition) is 1. The van der Waals surface area contributed by atoms with Gasteiger partial charge in [0, 0.05) is 77.8 Å². The minimum absolute atomic E-state index is 0.0752. The second kappa shape index (κ2) is 37.1. The van der Waals surface area contributed by atoms with E-state index in [-0.39, 0.29) is 57.4 Å². The zero-order chi connectivity index (χ0) is 61.1. The molecule has 492 valence electrons. The quantitative estimate of drug-likeness (QED) is 0.0485. The first-order chi connectivity index (χ1) is 39.9. The topological polar surface area (TPSA) is 102 Å². The Kier molecular flexibility index (Phi) is 32.4. The van der Waals surface area contributed by atoms with Gasteiger partial charge in [-0.25, -0.2) is 0 Å². The van der Waals surface area contributed by atoms with Crippen molar-refractivity contribution in [3.8, 4) is 0 Å². The predicted octanol–water partition coefficient (Wildman–Crippen LogP) is 19.9. The van der Waals surface area contributed by atoms with Crippen LogP contribution < -0.4 is 5.32 Å². The van der Waals surface area contributed by atoms with E-state index in [4.69, 9.17) is 24.0 Å². The lowest BCUT2D eigenvalue weighted by Crippen LogP contribution is -2.64. The maximum atomic E-state index is 12.8. The Morgan fingerprint density at radius 1 is 0.333 bits per heavy atom. The molecule has 0 amide bonds. The van der Waals surface area contributed by atoms with Crippen molar-refractivity contribution in [3.63, 3.8) is 0 Å². The number of carbonyl (C=O) groups is 2.